The molecule has 1 aromatic heterocycles. The van der Waals surface area contributed by atoms with E-state index in [0.29, 0.717) is 5.69 Å². The molecule has 2 aromatic carbocycles. The minimum absolute atomic E-state index is 0.00642. The third-order valence-corrected chi connectivity index (χ3v) is 6.45. The van der Waals surface area contributed by atoms with Crippen molar-refractivity contribution in [2.24, 2.45) is 5.92 Å². The van der Waals surface area contributed by atoms with Crippen LogP contribution in [0.25, 0.3) is 0 Å². The lowest BCUT2D eigenvalue weighted by Gasteiger charge is -2.33. The van der Waals surface area contributed by atoms with E-state index in [9.17, 15) is 4.79 Å². The molecule has 0 N–H and O–H groups in total. The zero-order valence-electron chi connectivity index (χ0n) is 17.2. The molecule has 0 saturated carbocycles. The maximum atomic E-state index is 13.0. The topological polar surface area (TPSA) is 36.4 Å². The molecule has 1 saturated heterocycles. The third kappa shape index (κ3) is 3.82. The normalized spacial score (nSPS) is 16.5. The molecule has 0 spiro atoms. The molecule has 4 heteroatoms. The lowest BCUT2D eigenvalue weighted by atomic mass is 9.90. The maximum Gasteiger partial charge on any atom is 0.276 e. The molecule has 3 aromatic rings. The molecular weight excluding hydrogens is 370 g/mol. The van der Waals surface area contributed by atoms with Crippen LogP contribution in [0.1, 0.15) is 34.5 Å². The van der Waals surface area contributed by atoms with Crippen molar-refractivity contribution < 1.29 is 4.79 Å². The monoisotopic (exact) mass is 397 g/mol. The van der Waals surface area contributed by atoms with Gasteiger partial charge in [0, 0.05) is 25.3 Å². The van der Waals surface area contributed by atoms with Gasteiger partial charge in [-0.05, 0) is 60.9 Å². The summed E-state index contributed by atoms with van der Waals surface area (Å²) >= 11 is 0. The highest BCUT2D eigenvalue weighted by atomic mass is 16.2. The summed E-state index contributed by atoms with van der Waals surface area (Å²) in [5, 5.41) is 0. The fourth-order valence-electron chi connectivity index (χ4n) is 4.73. The molecule has 1 fully saturated rings. The number of aromatic nitrogens is 1. The van der Waals surface area contributed by atoms with Gasteiger partial charge in [0.1, 0.15) is 5.69 Å². The van der Waals surface area contributed by atoms with Gasteiger partial charge in [-0.25, -0.2) is 4.98 Å². The van der Waals surface area contributed by atoms with E-state index in [1.807, 2.05) is 35.4 Å². The van der Waals surface area contributed by atoms with Gasteiger partial charge in [0.05, 0.1) is 11.9 Å². The van der Waals surface area contributed by atoms with Crippen LogP contribution < -0.4 is 9.80 Å². The molecule has 0 radical (unpaired) electrons. The van der Waals surface area contributed by atoms with Crippen molar-refractivity contribution in [3.63, 3.8) is 0 Å². The number of fused-ring (bicyclic) bond motifs is 1. The Hall–Kier alpha value is -3.14. The van der Waals surface area contributed by atoms with Gasteiger partial charge in [0.25, 0.3) is 5.91 Å². The third-order valence-electron chi connectivity index (χ3n) is 6.45. The van der Waals surface area contributed by atoms with Crippen LogP contribution in [0.15, 0.2) is 72.9 Å². The van der Waals surface area contributed by atoms with Crippen molar-refractivity contribution in [3.05, 3.63) is 89.7 Å². The molecule has 0 atom stereocenters. The number of amides is 1. The molecule has 152 valence electrons. The van der Waals surface area contributed by atoms with E-state index >= 15 is 0 Å². The minimum Gasteiger partial charge on any atom is -0.370 e. The van der Waals surface area contributed by atoms with Crippen molar-refractivity contribution in [2.75, 3.05) is 29.4 Å². The second-order valence-electron chi connectivity index (χ2n) is 8.36. The molecule has 0 bridgehead atoms. The number of nitrogens with zero attached hydrogens (tertiary/aromatic N) is 3. The van der Waals surface area contributed by atoms with Crippen molar-refractivity contribution in [1.29, 1.82) is 0 Å². The summed E-state index contributed by atoms with van der Waals surface area (Å²) in [5.41, 5.74) is 5.33. The van der Waals surface area contributed by atoms with E-state index < -0.39 is 0 Å². The summed E-state index contributed by atoms with van der Waals surface area (Å²) in [6.45, 7) is 2.83. The molecule has 0 aliphatic carbocycles. The first-order chi connectivity index (χ1) is 14.8. The van der Waals surface area contributed by atoms with Crippen LogP contribution in [0.2, 0.25) is 0 Å². The van der Waals surface area contributed by atoms with E-state index in [2.05, 4.69) is 52.3 Å². The Bertz CT molecular complexity index is 1010. The van der Waals surface area contributed by atoms with Crippen molar-refractivity contribution in [1.82, 2.24) is 4.98 Å². The Morgan fingerprint density at radius 2 is 1.67 bits per heavy atom. The molecule has 0 unspecified atom stereocenters. The predicted molar refractivity (Wildman–Crippen MR) is 121 cm³/mol. The zero-order valence-corrected chi connectivity index (χ0v) is 17.2. The number of para-hydroxylation sites is 1. The van der Waals surface area contributed by atoms with Crippen LogP contribution in [0, 0.1) is 5.92 Å². The predicted octanol–water partition coefficient (Wildman–Crippen LogP) is 4.74. The molecule has 3 heterocycles. The summed E-state index contributed by atoms with van der Waals surface area (Å²) < 4.78 is 0. The summed E-state index contributed by atoms with van der Waals surface area (Å²) in [6, 6.07) is 22.9. The van der Waals surface area contributed by atoms with Gasteiger partial charge >= 0.3 is 0 Å². The van der Waals surface area contributed by atoms with E-state index in [-0.39, 0.29) is 5.91 Å². The van der Waals surface area contributed by atoms with Gasteiger partial charge < -0.3 is 9.80 Å². The van der Waals surface area contributed by atoms with Crippen LogP contribution in [0.4, 0.5) is 11.4 Å². The number of carbonyl (C=O) groups is 1. The SMILES string of the molecule is O=C(c1ccc(N2CCC(Cc3ccccc3)CC2)cn1)N1CCc2ccccc21. The van der Waals surface area contributed by atoms with Gasteiger partial charge in [0.2, 0.25) is 0 Å². The van der Waals surface area contributed by atoms with Gasteiger partial charge in [-0.1, -0.05) is 48.5 Å². The Morgan fingerprint density at radius 1 is 0.900 bits per heavy atom. The average molecular weight is 398 g/mol. The Labute approximate surface area is 178 Å². The number of piperidine rings is 1. The first-order valence-corrected chi connectivity index (χ1v) is 10.9. The lowest BCUT2D eigenvalue weighted by molar-refractivity contribution is 0.0984. The summed E-state index contributed by atoms with van der Waals surface area (Å²) in [7, 11) is 0. The van der Waals surface area contributed by atoms with E-state index in [4.69, 9.17) is 0 Å². The van der Waals surface area contributed by atoms with Gasteiger partial charge in [0.15, 0.2) is 0 Å². The Morgan fingerprint density at radius 3 is 2.43 bits per heavy atom. The highest BCUT2D eigenvalue weighted by Gasteiger charge is 2.26. The number of hydrogen-bond donors (Lipinski definition) is 0. The highest BCUT2D eigenvalue weighted by Crippen LogP contribution is 2.29. The number of hydrogen-bond acceptors (Lipinski definition) is 3. The summed E-state index contributed by atoms with van der Waals surface area (Å²) in [4.78, 5) is 21.7. The first kappa shape index (κ1) is 18.9. The number of benzene rings is 2. The Kier molecular flexibility index (Phi) is 5.22. The fourth-order valence-corrected chi connectivity index (χ4v) is 4.73. The van der Waals surface area contributed by atoms with Gasteiger partial charge in [-0.2, -0.15) is 0 Å². The molecule has 1 amide bonds. The number of carbonyl (C=O) groups excluding carboxylic acids is 1. The van der Waals surface area contributed by atoms with Crippen LogP contribution in [0.3, 0.4) is 0 Å². The van der Waals surface area contributed by atoms with Gasteiger partial charge in [-0.15, -0.1) is 0 Å². The van der Waals surface area contributed by atoms with E-state index in [0.717, 1.165) is 49.8 Å². The second-order valence-corrected chi connectivity index (χ2v) is 8.36. The van der Waals surface area contributed by atoms with E-state index in [1.165, 1.54) is 24.0 Å². The summed E-state index contributed by atoms with van der Waals surface area (Å²) in [5.74, 6) is 0.737. The quantitative estimate of drug-likeness (QED) is 0.638. The molecule has 5 rings (SSSR count). The van der Waals surface area contributed by atoms with Crippen molar-refractivity contribution >= 4 is 17.3 Å². The largest absolute Gasteiger partial charge is 0.370 e. The minimum atomic E-state index is -0.00642. The maximum absolute atomic E-state index is 13.0. The molecule has 2 aliphatic rings. The summed E-state index contributed by atoms with van der Waals surface area (Å²) in [6.07, 6.45) is 6.34. The smallest absolute Gasteiger partial charge is 0.276 e. The molecule has 2 aliphatic heterocycles. The van der Waals surface area contributed by atoms with E-state index in [1.54, 1.807) is 0 Å². The van der Waals surface area contributed by atoms with Crippen LogP contribution in [-0.4, -0.2) is 30.5 Å². The molecular formula is C26H27N3O. The molecule has 4 nitrogen and oxygen atoms in total. The first-order valence-electron chi connectivity index (χ1n) is 10.9. The molecule has 30 heavy (non-hydrogen) atoms. The fraction of sp³-hybridized carbons (Fsp3) is 0.308. The van der Waals surface area contributed by atoms with Crippen LogP contribution in [-0.2, 0) is 12.8 Å². The zero-order chi connectivity index (χ0) is 20.3. The van der Waals surface area contributed by atoms with Crippen LogP contribution in [0.5, 0.6) is 0 Å². The second kappa shape index (κ2) is 8.31. The number of anilines is 2. The lowest BCUT2D eigenvalue weighted by Crippen LogP contribution is -2.34. The average Bonchev–Trinajstić information content (AvgIpc) is 3.24. The van der Waals surface area contributed by atoms with Crippen LogP contribution >= 0.6 is 0 Å². The van der Waals surface area contributed by atoms with Crippen molar-refractivity contribution in [3.8, 4) is 0 Å². The number of pyridine rings is 1. The Balaban J connectivity index is 1.20. The highest BCUT2D eigenvalue weighted by molar-refractivity contribution is 6.06. The van der Waals surface area contributed by atoms with Crippen molar-refractivity contribution in [2.45, 2.75) is 25.7 Å². The number of rotatable bonds is 4. The standard InChI is InChI=1S/C26H27N3O/c30-26(29-17-14-22-8-4-5-9-25(22)29)24-11-10-23(19-27-24)28-15-12-21(13-16-28)18-20-6-2-1-3-7-20/h1-11,19,21H,12-18H2. The van der Waals surface area contributed by atoms with Gasteiger partial charge in [-0.3, -0.25) is 4.79 Å².